The molecule has 0 saturated heterocycles. The molecular weight excluding hydrogens is 312 g/mol. The molecule has 2 atom stereocenters. The van der Waals surface area contributed by atoms with Crippen LogP contribution >= 0.6 is 0 Å². The number of halogens is 8. The van der Waals surface area contributed by atoms with Crippen LogP contribution in [-0.4, -0.2) is 11.7 Å². The van der Waals surface area contributed by atoms with E-state index in [-0.39, 0.29) is 0 Å². The van der Waals surface area contributed by atoms with E-state index in [0.29, 0.717) is 12.2 Å². The Balaban J connectivity index is 5.87. The van der Waals surface area contributed by atoms with Crippen molar-refractivity contribution in [2.75, 3.05) is 0 Å². The topological polar surface area (TPSA) is 9.23 Å². The van der Waals surface area contributed by atoms with Crippen LogP contribution in [0, 0.1) is 0 Å². The Kier molecular flexibility index (Phi) is 6.81. The molecule has 0 heterocycles. The lowest BCUT2D eigenvalue weighted by molar-refractivity contribution is -0.253. The minimum Gasteiger partial charge on any atom is -0.296 e. The molecule has 0 aromatic heterocycles. The van der Waals surface area contributed by atoms with E-state index in [1.165, 1.54) is 0 Å². The summed E-state index contributed by atoms with van der Waals surface area (Å²) in [5.74, 6) is -14.2. The molecule has 2 unspecified atom stereocenters. The van der Waals surface area contributed by atoms with Crippen molar-refractivity contribution in [2.24, 2.45) is 0 Å². The van der Waals surface area contributed by atoms with Crippen molar-refractivity contribution in [1.82, 2.24) is 0 Å². The zero-order chi connectivity index (χ0) is 16.8. The molecule has 0 N–H and O–H groups in total. The van der Waals surface area contributed by atoms with Crippen LogP contribution in [0.5, 0.6) is 0 Å². The first-order chi connectivity index (χ1) is 9.54. The Labute approximate surface area is 114 Å². The maximum atomic E-state index is 14.0. The van der Waals surface area contributed by atoms with Crippen LogP contribution in [0.2, 0.25) is 0 Å². The normalized spacial score (nSPS) is 16.4. The Morgan fingerprint density at radius 3 is 1.24 bits per heavy atom. The molecule has 120 valence electrons. The van der Waals surface area contributed by atoms with Gasteiger partial charge in [-0.3, -0.25) is 4.74 Å². The zero-order valence-electron chi connectivity index (χ0n) is 10.4. The first kappa shape index (κ1) is 19.4. The highest BCUT2D eigenvalue weighted by atomic mass is 19.3. The molecular formula is C12H10F8O. The van der Waals surface area contributed by atoms with E-state index in [1.807, 2.05) is 0 Å². The van der Waals surface area contributed by atoms with E-state index in [9.17, 15) is 35.1 Å². The maximum absolute atomic E-state index is 14.0. The van der Waals surface area contributed by atoms with Gasteiger partial charge in [0, 0.05) is 12.8 Å². The summed E-state index contributed by atoms with van der Waals surface area (Å²) in [6.07, 6.45) is -8.15. The van der Waals surface area contributed by atoms with E-state index >= 15 is 0 Å². The van der Waals surface area contributed by atoms with E-state index in [0.717, 1.165) is 0 Å². The summed E-state index contributed by atoms with van der Waals surface area (Å²) in [5, 5.41) is 0. The Bertz CT molecular complexity index is 422. The van der Waals surface area contributed by atoms with Gasteiger partial charge in [-0.1, -0.05) is 12.2 Å². The smallest absolute Gasteiger partial charge is 0.296 e. The Hall–Kier alpha value is -1.64. The van der Waals surface area contributed by atoms with Gasteiger partial charge in [0.1, 0.15) is 0 Å². The molecule has 0 bridgehead atoms. The standard InChI is InChI=1S/C12H10F8O/c1-3-5-11(19,7(13)9(15)16)21-12(20,6-4-2)8(14)10(17)18/h3-4H,1-2,5-6H2. The van der Waals surface area contributed by atoms with Crippen molar-refractivity contribution in [3.05, 3.63) is 49.1 Å². The van der Waals surface area contributed by atoms with Gasteiger partial charge in [-0.25, -0.2) is 8.78 Å². The fraction of sp³-hybridized carbons (Fsp3) is 0.333. The molecule has 9 heteroatoms. The fourth-order valence-electron chi connectivity index (χ4n) is 1.26. The molecule has 0 aromatic carbocycles. The summed E-state index contributed by atoms with van der Waals surface area (Å²) in [6.45, 7) is 5.79. The third kappa shape index (κ3) is 4.69. The number of rotatable bonds is 8. The van der Waals surface area contributed by atoms with Crippen LogP contribution in [0.1, 0.15) is 12.8 Å². The second-order valence-electron chi connectivity index (χ2n) is 3.69. The van der Waals surface area contributed by atoms with Crippen molar-refractivity contribution < 1.29 is 39.9 Å². The van der Waals surface area contributed by atoms with E-state index in [1.54, 1.807) is 0 Å². The highest BCUT2D eigenvalue weighted by Crippen LogP contribution is 2.42. The first-order valence-corrected chi connectivity index (χ1v) is 5.26. The minimum atomic E-state index is -4.20. The van der Waals surface area contributed by atoms with Crippen LogP contribution in [0.25, 0.3) is 0 Å². The molecule has 0 saturated carbocycles. The number of alkyl halides is 2. The second kappa shape index (κ2) is 7.39. The quantitative estimate of drug-likeness (QED) is 0.415. The average Bonchev–Trinajstić information content (AvgIpc) is 2.36. The first-order valence-electron chi connectivity index (χ1n) is 5.26. The zero-order valence-corrected chi connectivity index (χ0v) is 10.4. The molecule has 0 aliphatic rings. The minimum absolute atomic E-state index is 0.518. The van der Waals surface area contributed by atoms with Gasteiger partial charge in [-0.15, -0.1) is 13.2 Å². The average molecular weight is 322 g/mol. The molecule has 0 amide bonds. The highest BCUT2D eigenvalue weighted by molar-refractivity contribution is 5.13. The Morgan fingerprint density at radius 1 is 0.762 bits per heavy atom. The van der Waals surface area contributed by atoms with Gasteiger partial charge in [0.2, 0.25) is 11.7 Å². The summed E-state index contributed by atoms with van der Waals surface area (Å²) in [6, 6.07) is 0. The van der Waals surface area contributed by atoms with Gasteiger partial charge in [0.05, 0.1) is 0 Å². The molecule has 21 heavy (non-hydrogen) atoms. The molecule has 0 radical (unpaired) electrons. The summed E-state index contributed by atoms with van der Waals surface area (Å²) < 4.78 is 106. The molecule has 0 aliphatic heterocycles. The number of hydrogen-bond donors (Lipinski definition) is 0. The monoisotopic (exact) mass is 322 g/mol. The lowest BCUT2D eigenvalue weighted by atomic mass is 10.1. The van der Waals surface area contributed by atoms with Gasteiger partial charge in [-0.2, -0.15) is 26.3 Å². The van der Waals surface area contributed by atoms with Crippen LogP contribution in [-0.2, 0) is 4.74 Å². The van der Waals surface area contributed by atoms with E-state index in [4.69, 9.17) is 0 Å². The summed E-state index contributed by atoms with van der Waals surface area (Å²) >= 11 is 0. The lowest BCUT2D eigenvalue weighted by Gasteiger charge is -2.31. The predicted octanol–water partition coefficient (Wildman–Crippen LogP) is 5.64. The SMILES string of the molecule is C=CCC(F)(OC(F)(CC=C)C(F)=C(F)F)C(F)=C(F)F. The number of hydrogen-bond acceptors (Lipinski definition) is 1. The van der Waals surface area contributed by atoms with Crippen molar-refractivity contribution in [3.8, 4) is 0 Å². The summed E-state index contributed by atoms with van der Waals surface area (Å²) in [5.41, 5.74) is 0. The van der Waals surface area contributed by atoms with Crippen LogP contribution in [0.3, 0.4) is 0 Å². The van der Waals surface area contributed by atoms with Gasteiger partial charge >= 0.3 is 12.2 Å². The van der Waals surface area contributed by atoms with Crippen LogP contribution in [0.4, 0.5) is 35.1 Å². The van der Waals surface area contributed by atoms with Gasteiger partial charge in [0.25, 0.3) is 11.7 Å². The molecule has 0 fully saturated rings. The highest BCUT2D eigenvalue weighted by Gasteiger charge is 2.51. The van der Waals surface area contributed by atoms with Crippen molar-refractivity contribution in [2.45, 2.75) is 24.6 Å². The largest absolute Gasteiger partial charge is 0.307 e. The molecule has 0 spiro atoms. The second-order valence-corrected chi connectivity index (χ2v) is 3.69. The molecule has 0 rings (SSSR count). The number of ether oxygens (including phenoxy) is 1. The predicted molar refractivity (Wildman–Crippen MR) is 59.1 cm³/mol. The third-order valence-corrected chi connectivity index (χ3v) is 2.12. The van der Waals surface area contributed by atoms with Gasteiger partial charge in [0.15, 0.2) is 0 Å². The van der Waals surface area contributed by atoms with E-state index < -0.39 is 48.4 Å². The fourth-order valence-corrected chi connectivity index (χ4v) is 1.26. The summed E-state index contributed by atoms with van der Waals surface area (Å²) in [7, 11) is 0. The maximum Gasteiger partial charge on any atom is 0.307 e. The van der Waals surface area contributed by atoms with Crippen LogP contribution in [0.15, 0.2) is 49.1 Å². The van der Waals surface area contributed by atoms with Crippen molar-refractivity contribution >= 4 is 0 Å². The van der Waals surface area contributed by atoms with Crippen LogP contribution < -0.4 is 0 Å². The van der Waals surface area contributed by atoms with E-state index in [2.05, 4.69) is 17.9 Å². The lowest BCUT2D eigenvalue weighted by Crippen LogP contribution is -2.40. The summed E-state index contributed by atoms with van der Waals surface area (Å²) in [4.78, 5) is 0. The van der Waals surface area contributed by atoms with Crippen molar-refractivity contribution in [3.63, 3.8) is 0 Å². The molecule has 1 nitrogen and oxygen atoms in total. The van der Waals surface area contributed by atoms with Gasteiger partial charge in [-0.05, 0) is 0 Å². The Morgan fingerprint density at radius 2 is 1.05 bits per heavy atom. The van der Waals surface area contributed by atoms with Gasteiger partial charge < -0.3 is 0 Å². The molecule has 0 aromatic rings. The molecule has 0 aliphatic carbocycles. The van der Waals surface area contributed by atoms with Crippen molar-refractivity contribution in [1.29, 1.82) is 0 Å². The third-order valence-electron chi connectivity index (χ3n) is 2.12.